The van der Waals surface area contributed by atoms with Gasteiger partial charge in [0, 0.05) is 6.54 Å². The maximum absolute atomic E-state index is 12.3. The van der Waals surface area contributed by atoms with Gasteiger partial charge in [-0.25, -0.2) is 9.78 Å². The third-order valence-corrected chi connectivity index (χ3v) is 4.91. The van der Waals surface area contributed by atoms with E-state index in [0.29, 0.717) is 39.8 Å². The first-order chi connectivity index (χ1) is 12.1. The van der Waals surface area contributed by atoms with Crippen LogP contribution in [0.5, 0.6) is 0 Å². The number of oxazole rings is 1. The number of hydrogen-bond donors (Lipinski definition) is 2. The molecule has 4 rings (SSSR count). The van der Waals surface area contributed by atoms with Crippen molar-refractivity contribution in [1.82, 2.24) is 14.9 Å². The monoisotopic (exact) mass is 358 g/mol. The van der Waals surface area contributed by atoms with Crippen LogP contribution >= 0.6 is 11.3 Å². The molecule has 1 aliphatic heterocycles. The van der Waals surface area contributed by atoms with E-state index in [-0.39, 0.29) is 12.5 Å². The summed E-state index contributed by atoms with van der Waals surface area (Å²) in [4.78, 5) is 41.0. The number of para-hydroxylation sites is 2. The maximum atomic E-state index is 12.3. The van der Waals surface area contributed by atoms with Crippen molar-refractivity contribution in [3.8, 4) is 0 Å². The van der Waals surface area contributed by atoms with Gasteiger partial charge in [0.25, 0.3) is 5.91 Å². The summed E-state index contributed by atoms with van der Waals surface area (Å²) in [6.07, 6.45) is 1.50. The molecular weight excluding hydrogens is 344 g/mol. The normalized spacial score (nSPS) is 14.0. The molecule has 0 fully saturated rings. The number of anilines is 1. The fourth-order valence-electron chi connectivity index (χ4n) is 2.76. The number of benzene rings is 1. The molecule has 2 aromatic heterocycles. The number of carbonyl (C=O) groups is 2. The maximum Gasteiger partial charge on any atom is 0.420 e. The van der Waals surface area contributed by atoms with Crippen LogP contribution in [0.1, 0.15) is 21.8 Å². The van der Waals surface area contributed by atoms with Crippen LogP contribution in [0.15, 0.2) is 33.5 Å². The fraction of sp³-hybridized carbons (Fsp3) is 0.250. The number of rotatable bonds is 3. The lowest BCUT2D eigenvalue weighted by Crippen LogP contribution is -2.24. The standard InChI is InChI=1S/C16H14N4O4S/c21-12(8-20-10-5-1-2-6-11(10)24-16(20)23)19-15-18-9-4-3-7-17-14(22)13(9)25-15/h1-2,5-6H,3-4,7-8H2,(H,17,22)(H,18,19,21). The van der Waals surface area contributed by atoms with Crippen molar-refractivity contribution in [2.24, 2.45) is 0 Å². The Morgan fingerprint density at radius 1 is 1.36 bits per heavy atom. The smallest absolute Gasteiger partial charge is 0.408 e. The van der Waals surface area contributed by atoms with Crippen molar-refractivity contribution < 1.29 is 14.0 Å². The summed E-state index contributed by atoms with van der Waals surface area (Å²) >= 11 is 1.14. The van der Waals surface area contributed by atoms with E-state index in [9.17, 15) is 14.4 Å². The summed E-state index contributed by atoms with van der Waals surface area (Å²) in [5.74, 6) is -1.16. The molecule has 8 nitrogen and oxygen atoms in total. The first kappa shape index (κ1) is 15.6. The van der Waals surface area contributed by atoms with Crippen LogP contribution in [-0.4, -0.2) is 27.9 Å². The predicted molar refractivity (Wildman–Crippen MR) is 91.9 cm³/mol. The molecule has 0 atom stereocenters. The third-order valence-electron chi connectivity index (χ3n) is 3.90. The van der Waals surface area contributed by atoms with Crippen molar-refractivity contribution in [1.29, 1.82) is 0 Å². The van der Waals surface area contributed by atoms with E-state index in [1.54, 1.807) is 24.3 Å². The van der Waals surface area contributed by atoms with E-state index in [0.717, 1.165) is 17.8 Å². The quantitative estimate of drug-likeness (QED) is 0.735. The summed E-state index contributed by atoms with van der Waals surface area (Å²) < 4.78 is 6.37. The van der Waals surface area contributed by atoms with Crippen LogP contribution in [0, 0.1) is 0 Å². The zero-order valence-corrected chi connectivity index (χ0v) is 13.9. The molecule has 9 heteroatoms. The number of aromatic nitrogens is 2. The van der Waals surface area contributed by atoms with E-state index in [1.165, 1.54) is 4.57 Å². The van der Waals surface area contributed by atoms with Crippen LogP contribution < -0.4 is 16.4 Å². The second-order valence-corrected chi connectivity index (χ2v) is 6.62. The van der Waals surface area contributed by atoms with E-state index in [1.807, 2.05) is 0 Å². The molecule has 0 spiro atoms. The molecule has 3 aromatic rings. The Morgan fingerprint density at radius 2 is 2.20 bits per heavy atom. The largest absolute Gasteiger partial charge is 0.420 e. The lowest BCUT2D eigenvalue weighted by atomic mass is 10.2. The summed E-state index contributed by atoms with van der Waals surface area (Å²) in [6, 6.07) is 6.90. The van der Waals surface area contributed by atoms with Gasteiger partial charge in [0.1, 0.15) is 11.4 Å². The molecule has 0 radical (unpaired) electrons. The van der Waals surface area contributed by atoms with Gasteiger partial charge in [-0.05, 0) is 25.0 Å². The number of hydrogen-bond acceptors (Lipinski definition) is 6. The predicted octanol–water partition coefficient (Wildman–Crippen LogP) is 1.37. The van der Waals surface area contributed by atoms with Crippen LogP contribution in [0.3, 0.4) is 0 Å². The summed E-state index contributed by atoms with van der Waals surface area (Å²) in [5.41, 5.74) is 1.68. The van der Waals surface area contributed by atoms with Crippen molar-refractivity contribution in [2.75, 3.05) is 11.9 Å². The molecule has 0 saturated carbocycles. The van der Waals surface area contributed by atoms with Crippen molar-refractivity contribution in [3.63, 3.8) is 0 Å². The highest BCUT2D eigenvalue weighted by molar-refractivity contribution is 7.17. The van der Waals surface area contributed by atoms with Crippen LogP contribution in [0.2, 0.25) is 0 Å². The molecule has 0 aliphatic carbocycles. The zero-order chi connectivity index (χ0) is 17.4. The molecule has 3 heterocycles. The minimum Gasteiger partial charge on any atom is -0.408 e. The Hall–Kier alpha value is -2.94. The summed E-state index contributed by atoms with van der Waals surface area (Å²) in [7, 11) is 0. The van der Waals surface area contributed by atoms with Gasteiger partial charge in [0.15, 0.2) is 10.7 Å². The van der Waals surface area contributed by atoms with E-state index >= 15 is 0 Å². The van der Waals surface area contributed by atoms with Crippen LogP contribution in [0.4, 0.5) is 5.13 Å². The third kappa shape index (κ3) is 2.93. The van der Waals surface area contributed by atoms with Gasteiger partial charge in [-0.3, -0.25) is 14.2 Å². The van der Waals surface area contributed by atoms with Gasteiger partial charge in [-0.15, -0.1) is 0 Å². The number of aryl methyl sites for hydroxylation is 1. The molecule has 25 heavy (non-hydrogen) atoms. The Balaban J connectivity index is 1.55. The second-order valence-electron chi connectivity index (χ2n) is 5.62. The highest BCUT2D eigenvalue weighted by Gasteiger charge is 2.21. The number of carbonyl (C=O) groups excluding carboxylic acids is 2. The molecule has 0 bridgehead atoms. The number of thiazole rings is 1. The molecule has 1 aromatic carbocycles. The summed E-state index contributed by atoms with van der Waals surface area (Å²) in [6.45, 7) is 0.437. The van der Waals surface area contributed by atoms with Gasteiger partial charge < -0.3 is 15.1 Å². The van der Waals surface area contributed by atoms with Gasteiger partial charge in [0.2, 0.25) is 5.91 Å². The Labute approximate surface area is 145 Å². The number of nitrogens with one attached hydrogen (secondary N) is 2. The zero-order valence-electron chi connectivity index (χ0n) is 13.1. The van der Waals surface area contributed by atoms with Crippen LogP contribution in [-0.2, 0) is 17.8 Å². The number of amides is 2. The highest BCUT2D eigenvalue weighted by Crippen LogP contribution is 2.25. The topological polar surface area (TPSA) is 106 Å². The van der Waals surface area contributed by atoms with Gasteiger partial charge >= 0.3 is 5.76 Å². The van der Waals surface area contributed by atoms with Crippen molar-refractivity contribution in [3.05, 3.63) is 45.4 Å². The first-order valence-corrected chi connectivity index (χ1v) is 8.59. The highest BCUT2D eigenvalue weighted by atomic mass is 32.1. The Morgan fingerprint density at radius 3 is 3.08 bits per heavy atom. The lowest BCUT2D eigenvalue weighted by Gasteiger charge is -2.02. The minimum atomic E-state index is -0.592. The molecule has 0 unspecified atom stereocenters. The lowest BCUT2D eigenvalue weighted by molar-refractivity contribution is -0.116. The first-order valence-electron chi connectivity index (χ1n) is 7.78. The molecule has 1 aliphatic rings. The molecule has 0 saturated heterocycles. The van der Waals surface area contributed by atoms with E-state index < -0.39 is 11.7 Å². The summed E-state index contributed by atoms with van der Waals surface area (Å²) in [5, 5.41) is 5.80. The molecule has 2 amide bonds. The van der Waals surface area contributed by atoms with E-state index in [2.05, 4.69) is 15.6 Å². The Kier molecular flexibility index (Phi) is 3.85. The van der Waals surface area contributed by atoms with Gasteiger partial charge in [-0.2, -0.15) is 0 Å². The van der Waals surface area contributed by atoms with Gasteiger partial charge in [-0.1, -0.05) is 23.5 Å². The Bertz CT molecular complexity index is 1030. The molecule has 128 valence electrons. The average Bonchev–Trinajstić information content (AvgIpc) is 3.07. The molecule has 2 N–H and O–H groups in total. The second kappa shape index (κ2) is 6.17. The number of fused-ring (bicyclic) bond motifs is 2. The average molecular weight is 358 g/mol. The van der Waals surface area contributed by atoms with Crippen molar-refractivity contribution >= 4 is 39.4 Å². The van der Waals surface area contributed by atoms with E-state index in [4.69, 9.17) is 4.42 Å². The van der Waals surface area contributed by atoms with Crippen LogP contribution in [0.25, 0.3) is 11.1 Å². The molecular formula is C16H14N4O4S. The van der Waals surface area contributed by atoms with Gasteiger partial charge in [0.05, 0.1) is 11.2 Å². The SMILES string of the molecule is O=C(Cn1c(=O)oc2ccccc21)Nc1nc2c(s1)C(=O)NCCC2. The number of nitrogens with zero attached hydrogens (tertiary/aromatic N) is 2. The minimum absolute atomic E-state index is 0.164. The fourth-order valence-corrected chi connectivity index (χ4v) is 3.70. The van der Waals surface area contributed by atoms with Crippen molar-refractivity contribution in [2.45, 2.75) is 19.4 Å².